The van der Waals surface area contributed by atoms with Crippen LogP contribution in [0.25, 0.3) is 11.3 Å². The highest BCUT2D eigenvalue weighted by molar-refractivity contribution is 5.63. The van der Waals surface area contributed by atoms with E-state index in [0.717, 1.165) is 36.7 Å². The molecule has 1 N–H and O–H groups in total. The SMILES string of the molecule is Cc1cc(-c2ccccc2C)nc(CC2CCNC2)n1. The van der Waals surface area contributed by atoms with Gasteiger partial charge in [0.15, 0.2) is 0 Å². The molecular weight excluding hydrogens is 246 g/mol. The van der Waals surface area contributed by atoms with Crippen LogP contribution in [0.4, 0.5) is 0 Å². The van der Waals surface area contributed by atoms with Gasteiger partial charge in [-0.05, 0) is 50.9 Å². The molecule has 1 aliphatic rings. The third-order valence-electron chi connectivity index (χ3n) is 3.96. The monoisotopic (exact) mass is 267 g/mol. The van der Waals surface area contributed by atoms with Crippen molar-refractivity contribution < 1.29 is 0 Å². The van der Waals surface area contributed by atoms with Crippen molar-refractivity contribution in [3.8, 4) is 11.3 Å². The Bertz CT molecular complexity index is 601. The van der Waals surface area contributed by atoms with Crippen molar-refractivity contribution in [2.45, 2.75) is 26.7 Å². The summed E-state index contributed by atoms with van der Waals surface area (Å²) in [7, 11) is 0. The van der Waals surface area contributed by atoms with E-state index in [9.17, 15) is 0 Å². The molecule has 1 fully saturated rings. The molecule has 1 atom stereocenters. The Morgan fingerprint density at radius 3 is 2.80 bits per heavy atom. The van der Waals surface area contributed by atoms with Gasteiger partial charge in [-0.2, -0.15) is 0 Å². The Morgan fingerprint density at radius 1 is 1.20 bits per heavy atom. The topological polar surface area (TPSA) is 37.8 Å². The van der Waals surface area contributed by atoms with Crippen LogP contribution in [0, 0.1) is 19.8 Å². The summed E-state index contributed by atoms with van der Waals surface area (Å²) in [6.07, 6.45) is 2.21. The second-order valence-corrected chi connectivity index (χ2v) is 5.69. The normalized spacial score (nSPS) is 18.4. The number of rotatable bonds is 3. The van der Waals surface area contributed by atoms with Gasteiger partial charge in [0.2, 0.25) is 0 Å². The Hall–Kier alpha value is -1.74. The van der Waals surface area contributed by atoms with E-state index in [1.165, 1.54) is 17.5 Å². The fourth-order valence-electron chi connectivity index (χ4n) is 2.87. The minimum Gasteiger partial charge on any atom is -0.316 e. The second-order valence-electron chi connectivity index (χ2n) is 5.69. The first-order chi connectivity index (χ1) is 9.72. The molecule has 3 heteroatoms. The van der Waals surface area contributed by atoms with Gasteiger partial charge in [0.25, 0.3) is 0 Å². The van der Waals surface area contributed by atoms with Gasteiger partial charge in [0.1, 0.15) is 5.82 Å². The Balaban J connectivity index is 1.92. The van der Waals surface area contributed by atoms with Gasteiger partial charge in [0.05, 0.1) is 5.69 Å². The molecule has 0 saturated carbocycles. The molecule has 20 heavy (non-hydrogen) atoms. The van der Waals surface area contributed by atoms with E-state index >= 15 is 0 Å². The zero-order valence-electron chi connectivity index (χ0n) is 12.2. The van der Waals surface area contributed by atoms with Crippen LogP contribution >= 0.6 is 0 Å². The fraction of sp³-hybridized carbons (Fsp3) is 0.412. The predicted octanol–water partition coefficient (Wildman–Crippen LogP) is 2.91. The lowest BCUT2D eigenvalue weighted by atomic mass is 10.0. The first kappa shape index (κ1) is 13.3. The van der Waals surface area contributed by atoms with Crippen molar-refractivity contribution in [3.05, 3.63) is 47.4 Å². The summed E-state index contributed by atoms with van der Waals surface area (Å²) in [4.78, 5) is 9.40. The van der Waals surface area contributed by atoms with Crippen molar-refractivity contribution in [3.63, 3.8) is 0 Å². The van der Waals surface area contributed by atoms with E-state index in [-0.39, 0.29) is 0 Å². The van der Waals surface area contributed by atoms with Crippen molar-refractivity contribution in [2.24, 2.45) is 5.92 Å². The summed E-state index contributed by atoms with van der Waals surface area (Å²) >= 11 is 0. The minimum absolute atomic E-state index is 0.682. The van der Waals surface area contributed by atoms with Gasteiger partial charge < -0.3 is 5.32 Å². The lowest BCUT2D eigenvalue weighted by Gasteiger charge is -2.11. The highest BCUT2D eigenvalue weighted by Gasteiger charge is 2.17. The molecule has 0 radical (unpaired) electrons. The summed E-state index contributed by atoms with van der Waals surface area (Å²) < 4.78 is 0. The number of aryl methyl sites for hydroxylation is 2. The number of hydrogen-bond acceptors (Lipinski definition) is 3. The van der Waals surface area contributed by atoms with Crippen LogP contribution in [0.15, 0.2) is 30.3 Å². The Kier molecular flexibility index (Phi) is 3.79. The number of nitrogens with one attached hydrogen (secondary N) is 1. The lowest BCUT2D eigenvalue weighted by Crippen LogP contribution is -2.12. The zero-order valence-corrected chi connectivity index (χ0v) is 12.2. The summed E-state index contributed by atoms with van der Waals surface area (Å²) in [5, 5.41) is 3.41. The van der Waals surface area contributed by atoms with Crippen molar-refractivity contribution in [1.29, 1.82) is 0 Å². The largest absolute Gasteiger partial charge is 0.316 e. The standard InChI is InChI=1S/C17H21N3/c1-12-5-3-4-6-15(12)16-9-13(2)19-17(20-16)10-14-7-8-18-11-14/h3-6,9,14,18H,7-8,10-11H2,1-2H3. The maximum absolute atomic E-state index is 4.79. The molecule has 3 nitrogen and oxygen atoms in total. The van der Waals surface area contributed by atoms with Gasteiger partial charge in [-0.15, -0.1) is 0 Å². The highest BCUT2D eigenvalue weighted by atomic mass is 14.9. The maximum Gasteiger partial charge on any atom is 0.129 e. The molecule has 1 aliphatic heterocycles. The van der Waals surface area contributed by atoms with E-state index < -0.39 is 0 Å². The Morgan fingerprint density at radius 2 is 2.05 bits per heavy atom. The van der Waals surface area contributed by atoms with E-state index in [2.05, 4.69) is 54.5 Å². The van der Waals surface area contributed by atoms with Crippen LogP contribution in [-0.2, 0) is 6.42 Å². The number of nitrogens with zero attached hydrogens (tertiary/aromatic N) is 2. The molecule has 0 amide bonds. The first-order valence-corrected chi connectivity index (χ1v) is 7.33. The molecule has 1 saturated heterocycles. The van der Waals surface area contributed by atoms with Crippen LogP contribution in [0.5, 0.6) is 0 Å². The quantitative estimate of drug-likeness (QED) is 0.929. The van der Waals surface area contributed by atoms with Gasteiger partial charge in [0, 0.05) is 17.7 Å². The van der Waals surface area contributed by atoms with Crippen LogP contribution < -0.4 is 5.32 Å². The second kappa shape index (κ2) is 5.71. The van der Waals surface area contributed by atoms with Gasteiger partial charge in [-0.25, -0.2) is 9.97 Å². The van der Waals surface area contributed by atoms with Crippen molar-refractivity contribution in [1.82, 2.24) is 15.3 Å². The first-order valence-electron chi connectivity index (χ1n) is 7.33. The summed E-state index contributed by atoms with van der Waals surface area (Å²) in [6, 6.07) is 10.5. The zero-order chi connectivity index (χ0) is 13.9. The highest BCUT2D eigenvalue weighted by Crippen LogP contribution is 2.22. The summed E-state index contributed by atoms with van der Waals surface area (Å²) in [5.74, 6) is 1.67. The molecule has 1 unspecified atom stereocenters. The molecule has 1 aromatic heterocycles. The molecular formula is C17H21N3. The smallest absolute Gasteiger partial charge is 0.129 e. The fourth-order valence-corrected chi connectivity index (χ4v) is 2.87. The van der Waals surface area contributed by atoms with E-state index in [0.29, 0.717) is 5.92 Å². The van der Waals surface area contributed by atoms with Crippen molar-refractivity contribution in [2.75, 3.05) is 13.1 Å². The van der Waals surface area contributed by atoms with Crippen LogP contribution in [0.3, 0.4) is 0 Å². The van der Waals surface area contributed by atoms with Gasteiger partial charge >= 0.3 is 0 Å². The predicted molar refractivity (Wildman–Crippen MR) is 81.6 cm³/mol. The summed E-state index contributed by atoms with van der Waals surface area (Å²) in [6.45, 7) is 6.41. The number of benzene rings is 1. The van der Waals surface area contributed by atoms with Crippen LogP contribution in [0.2, 0.25) is 0 Å². The van der Waals surface area contributed by atoms with Crippen molar-refractivity contribution >= 4 is 0 Å². The number of aromatic nitrogens is 2. The molecule has 0 aliphatic carbocycles. The molecule has 2 heterocycles. The molecule has 104 valence electrons. The minimum atomic E-state index is 0.682. The molecule has 2 aromatic rings. The average Bonchev–Trinajstić information content (AvgIpc) is 2.91. The Labute approximate surface area is 120 Å². The third-order valence-corrected chi connectivity index (χ3v) is 3.96. The van der Waals surface area contributed by atoms with Crippen LogP contribution in [0.1, 0.15) is 23.5 Å². The summed E-state index contributed by atoms with van der Waals surface area (Å²) in [5.41, 5.74) is 4.58. The van der Waals surface area contributed by atoms with E-state index in [4.69, 9.17) is 4.98 Å². The lowest BCUT2D eigenvalue weighted by molar-refractivity contribution is 0.560. The van der Waals surface area contributed by atoms with Gasteiger partial charge in [-0.3, -0.25) is 0 Å². The molecule has 1 aromatic carbocycles. The van der Waals surface area contributed by atoms with Gasteiger partial charge in [-0.1, -0.05) is 24.3 Å². The average molecular weight is 267 g/mol. The molecule has 0 spiro atoms. The van der Waals surface area contributed by atoms with Crippen LogP contribution in [-0.4, -0.2) is 23.1 Å². The molecule has 0 bridgehead atoms. The van der Waals surface area contributed by atoms with E-state index in [1.807, 2.05) is 0 Å². The van der Waals surface area contributed by atoms with E-state index in [1.54, 1.807) is 0 Å². The molecule has 3 rings (SSSR count). The maximum atomic E-state index is 4.79. The third kappa shape index (κ3) is 2.88. The number of hydrogen-bond donors (Lipinski definition) is 1.